The topological polar surface area (TPSA) is 89.4 Å². The molecule has 5 nitrogen and oxygen atoms in total. The normalized spacial score (nSPS) is 34.9. The lowest BCUT2D eigenvalue weighted by atomic mass is 9.48. The van der Waals surface area contributed by atoms with Gasteiger partial charge in [-0.15, -0.1) is 0 Å². The Kier molecular flexibility index (Phi) is 5.56. The van der Waals surface area contributed by atoms with E-state index in [9.17, 15) is 9.59 Å². The second-order valence-electron chi connectivity index (χ2n) is 11.3. The molecule has 5 rings (SSSR count). The fraction of sp³-hybridized carbons (Fsp3) is 0.630. The zero-order chi connectivity index (χ0) is 23.6. The fourth-order valence-electron chi connectivity index (χ4n) is 8.06. The minimum atomic E-state index is -1.10. The van der Waals surface area contributed by atoms with Gasteiger partial charge < -0.3 is 16.4 Å². The summed E-state index contributed by atoms with van der Waals surface area (Å²) in [7, 11) is 0. The zero-order valence-corrected chi connectivity index (χ0v) is 21.3. The van der Waals surface area contributed by atoms with E-state index in [-0.39, 0.29) is 29.1 Å². The summed E-state index contributed by atoms with van der Waals surface area (Å²) in [5.74, 6) is -0.109. The third-order valence-corrected chi connectivity index (χ3v) is 10.1. The number of benzene rings is 1. The predicted octanol–water partition coefficient (Wildman–Crippen LogP) is 4.00. The highest BCUT2D eigenvalue weighted by Gasteiger charge is 2.84. The number of nitrogens with two attached hydrogens (primary N) is 2. The quantitative estimate of drug-likeness (QED) is 0.539. The van der Waals surface area contributed by atoms with Crippen molar-refractivity contribution in [2.75, 3.05) is 19.6 Å². The molecule has 1 aromatic rings. The number of piperidine rings is 1. The van der Waals surface area contributed by atoms with Gasteiger partial charge >= 0.3 is 0 Å². The molecule has 4 N–H and O–H groups in total. The molecular formula is C27H36BrN3O2. The van der Waals surface area contributed by atoms with E-state index in [2.05, 4.69) is 46.8 Å². The number of nitrogens with zero attached hydrogens (tertiary/aromatic N) is 1. The monoisotopic (exact) mass is 513 g/mol. The summed E-state index contributed by atoms with van der Waals surface area (Å²) in [4.78, 5) is 29.9. The summed E-state index contributed by atoms with van der Waals surface area (Å²) in [6.45, 7) is 7.47. The van der Waals surface area contributed by atoms with Crippen LogP contribution in [0.2, 0.25) is 0 Å². The van der Waals surface area contributed by atoms with Crippen LogP contribution in [0.25, 0.3) is 0 Å². The second-order valence-corrected chi connectivity index (χ2v) is 12.2. The molecule has 1 saturated heterocycles. The third kappa shape index (κ3) is 2.99. The number of hydrogen-bond acceptors (Lipinski definition) is 3. The molecule has 3 aliphatic carbocycles. The summed E-state index contributed by atoms with van der Waals surface area (Å²) in [5.41, 5.74) is 11.5. The van der Waals surface area contributed by atoms with E-state index >= 15 is 0 Å². The lowest BCUT2D eigenvalue weighted by Crippen LogP contribution is -2.66. The molecule has 0 unspecified atom stereocenters. The van der Waals surface area contributed by atoms with Crippen molar-refractivity contribution in [3.8, 4) is 0 Å². The van der Waals surface area contributed by atoms with E-state index in [4.69, 9.17) is 11.5 Å². The van der Waals surface area contributed by atoms with E-state index in [1.165, 1.54) is 6.42 Å². The van der Waals surface area contributed by atoms with Crippen molar-refractivity contribution in [1.82, 2.24) is 4.90 Å². The predicted molar refractivity (Wildman–Crippen MR) is 133 cm³/mol. The van der Waals surface area contributed by atoms with Crippen LogP contribution in [-0.4, -0.2) is 36.3 Å². The SMILES string of the molecule is CC(C)CCN1CCC([C@@]2(C(N)=O)[C@@H]3C=C[C@@H](C34CC4)[C@@]2(C(N)=O)c2ccc(Br)cc2)CC1. The Morgan fingerprint density at radius 2 is 1.64 bits per heavy atom. The minimum absolute atomic E-state index is 0.0177. The zero-order valence-electron chi connectivity index (χ0n) is 19.7. The van der Waals surface area contributed by atoms with Gasteiger partial charge in [0, 0.05) is 10.4 Å². The number of likely N-dealkylation sites (tertiary alicyclic amines) is 1. The standard InChI is InChI=1S/C27H36BrN3O2/c1-17(2)9-14-31-15-10-19(11-16-31)27(24(30)33)22-8-7-21(25(22)12-13-25)26(27,23(29)32)18-3-5-20(28)6-4-18/h3-8,17,19,21-22H,9-16H2,1-2H3,(H2,29,32)(H2,30,33)/t21-,22+,26+,27-/m0/s1. The van der Waals surface area contributed by atoms with Crippen molar-refractivity contribution in [3.63, 3.8) is 0 Å². The van der Waals surface area contributed by atoms with Gasteiger partial charge in [0.2, 0.25) is 11.8 Å². The van der Waals surface area contributed by atoms with Crippen LogP contribution in [0.1, 0.15) is 51.5 Å². The molecule has 1 heterocycles. The van der Waals surface area contributed by atoms with Gasteiger partial charge in [-0.05, 0) is 92.6 Å². The van der Waals surface area contributed by atoms with E-state index in [1.807, 2.05) is 24.3 Å². The molecule has 2 saturated carbocycles. The number of primary amides is 2. The maximum Gasteiger partial charge on any atom is 0.229 e. The van der Waals surface area contributed by atoms with E-state index in [0.29, 0.717) is 5.92 Å². The smallest absolute Gasteiger partial charge is 0.229 e. The highest BCUT2D eigenvalue weighted by Crippen LogP contribution is 2.81. The maximum absolute atomic E-state index is 13.7. The number of rotatable bonds is 7. The molecule has 2 bridgehead atoms. The Balaban J connectivity index is 1.62. The van der Waals surface area contributed by atoms with Crippen molar-refractivity contribution in [1.29, 1.82) is 0 Å². The molecule has 4 aliphatic rings. The number of amides is 2. The Hall–Kier alpha value is -1.66. The molecule has 3 fully saturated rings. The van der Waals surface area contributed by atoms with Crippen LogP contribution in [0.15, 0.2) is 40.9 Å². The van der Waals surface area contributed by atoms with Gasteiger partial charge in [0.05, 0.1) is 10.8 Å². The van der Waals surface area contributed by atoms with Gasteiger partial charge in [0.25, 0.3) is 0 Å². The molecule has 178 valence electrons. The summed E-state index contributed by atoms with van der Waals surface area (Å²) < 4.78 is 0.939. The molecule has 4 atom stereocenters. The van der Waals surface area contributed by atoms with Gasteiger partial charge in [-0.3, -0.25) is 9.59 Å². The van der Waals surface area contributed by atoms with Crippen LogP contribution in [-0.2, 0) is 15.0 Å². The van der Waals surface area contributed by atoms with Crippen molar-refractivity contribution >= 4 is 27.7 Å². The first kappa shape index (κ1) is 23.1. The van der Waals surface area contributed by atoms with Crippen molar-refractivity contribution < 1.29 is 9.59 Å². The van der Waals surface area contributed by atoms with Crippen LogP contribution in [0, 0.1) is 34.5 Å². The van der Waals surface area contributed by atoms with Crippen LogP contribution in [0.5, 0.6) is 0 Å². The van der Waals surface area contributed by atoms with Gasteiger partial charge in [-0.1, -0.05) is 54.1 Å². The number of carbonyl (C=O) groups excluding carboxylic acids is 2. The fourth-order valence-corrected chi connectivity index (χ4v) is 8.32. The number of carbonyl (C=O) groups is 2. The third-order valence-electron chi connectivity index (χ3n) is 9.52. The van der Waals surface area contributed by atoms with Crippen LogP contribution >= 0.6 is 15.9 Å². The van der Waals surface area contributed by atoms with Crippen molar-refractivity contribution in [3.05, 3.63) is 46.5 Å². The molecule has 1 aromatic carbocycles. The second kappa shape index (κ2) is 7.94. The molecule has 33 heavy (non-hydrogen) atoms. The molecule has 2 amide bonds. The average Bonchev–Trinajstić information content (AvgIpc) is 3.45. The lowest BCUT2D eigenvalue weighted by molar-refractivity contribution is -0.150. The maximum atomic E-state index is 13.7. The van der Waals surface area contributed by atoms with Crippen molar-refractivity contribution in [2.24, 2.45) is 46.0 Å². The largest absolute Gasteiger partial charge is 0.369 e. The van der Waals surface area contributed by atoms with Crippen LogP contribution in [0.3, 0.4) is 0 Å². The summed E-state index contributed by atoms with van der Waals surface area (Å²) in [5, 5.41) is 0. The molecule has 0 aromatic heterocycles. The van der Waals surface area contributed by atoms with Gasteiger partial charge in [-0.2, -0.15) is 0 Å². The van der Waals surface area contributed by atoms with Crippen molar-refractivity contribution in [2.45, 2.75) is 51.4 Å². The number of allylic oxidation sites excluding steroid dienone is 2. The Morgan fingerprint density at radius 3 is 2.15 bits per heavy atom. The Morgan fingerprint density at radius 1 is 1.03 bits per heavy atom. The first-order valence-corrected chi connectivity index (χ1v) is 13.3. The molecule has 1 aliphatic heterocycles. The molecule has 6 heteroatoms. The lowest BCUT2D eigenvalue weighted by Gasteiger charge is -2.53. The van der Waals surface area contributed by atoms with Gasteiger partial charge in [0.15, 0.2) is 0 Å². The van der Waals surface area contributed by atoms with Gasteiger partial charge in [0.1, 0.15) is 0 Å². The van der Waals surface area contributed by atoms with E-state index in [0.717, 1.165) is 55.4 Å². The van der Waals surface area contributed by atoms with Gasteiger partial charge in [-0.25, -0.2) is 0 Å². The summed E-state index contributed by atoms with van der Waals surface area (Å²) in [6.07, 6.45) is 9.38. The van der Waals surface area contributed by atoms with Crippen LogP contribution in [0.4, 0.5) is 0 Å². The summed E-state index contributed by atoms with van der Waals surface area (Å²) in [6, 6.07) is 7.87. The Labute approximate surface area is 205 Å². The molecule has 0 radical (unpaired) electrons. The summed E-state index contributed by atoms with van der Waals surface area (Å²) >= 11 is 3.52. The number of halogens is 1. The van der Waals surface area contributed by atoms with Crippen LogP contribution < -0.4 is 11.5 Å². The average molecular weight is 515 g/mol. The highest BCUT2D eigenvalue weighted by atomic mass is 79.9. The molecular weight excluding hydrogens is 478 g/mol. The highest BCUT2D eigenvalue weighted by molar-refractivity contribution is 9.10. The number of hydrogen-bond donors (Lipinski definition) is 2. The van der Waals surface area contributed by atoms with E-state index in [1.54, 1.807) is 0 Å². The minimum Gasteiger partial charge on any atom is -0.369 e. The first-order valence-electron chi connectivity index (χ1n) is 12.5. The Bertz CT molecular complexity index is 978. The first-order chi connectivity index (χ1) is 15.7. The molecule has 1 spiro atoms. The van der Waals surface area contributed by atoms with E-state index < -0.39 is 16.7 Å².